The summed E-state index contributed by atoms with van der Waals surface area (Å²) < 4.78 is 1.36. The van der Waals surface area contributed by atoms with Gasteiger partial charge in [0.2, 0.25) is 5.95 Å². The summed E-state index contributed by atoms with van der Waals surface area (Å²) in [7, 11) is 0. The number of aromatic nitrogens is 3. The van der Waals surface area contributed by atoms with Crippen molar-refractivity contribution in [3.8, 4) is 0 Å². The van der Waals surface area contributed by atoms with Gasteiger partial charge in [-0.05, 0) is 23.8 Å². The number of nitrogens with two attached hydrogens (primary N) is 1. The van der Waals surface area contributed by atoms with Gasteiger partial charge in [0, 0.05) is 48.8 Å². The number of nitrogens with zero attached hydrogens (tertiary/aromatic N) is 3. The number of carboxylic acid groups (broad SMARTS) is 1. The number of carbonyl (C=O) groups excluding carboxylic acids is 1. The van der Waals surface area contributed by atoms with E-state index in [0.717, 1.165) is 11.6 Å². The molecule has 3 aromatic heterocycles. The van der Waals surface area contributed by atoms with Crippen LogP contribution in [0.25, 0.3) is 5.52 Å². The van der Waals surface area contributed by atoms with Gasteiger partial charge in [-0.1, -0.05) is 6.07 Å². The van der Waals surface area contributed by atoms with Crippen LogP contribution in [0.15, 0.2) is 53.7 Å². The third-order valence-corrected chi connectivity index (χ3v) is 4.24. The predicted octanol–water partition coefficient (Wildman–Crippen LogP) is -0.632. The molecule has 0 fully saturated rings. The van der Waals surface area contributed by atoms with Gasteiger partial charge in [-0.3, -0.25) is 19.4 Å². The molecule has 31 heavy (non-hydrogen) atoms. The highest BCUT2D eigenvalue weighted by molar-refractivity contribution is 5.95. The van der Waals surface area contributed by atoms with Crippen molar-refractivity contribution < 1.29 is 14.7 Å². The molecule has 0 saturated carbocycles. The molecule has 3 aromatic rings. The summed E-state index contributed by atoms with van der Waals surface area (Å²) in [5.74, 6) is -1.86. The Kier molecular flexibility index (Phi) is 6.40. The summed E-state index contributed by atoms with van der Waals surface area (Å²) >= 11 is 0. The van der Waals surface area contributed by atoms with E-state index in [1.807, 2.05) is 0 Å². The van der Waals surface area contributed by atoms with Crippen molar-refractivity contribution in [2.45, 2.75) is 12.6 Å². The summed E-state index contributed by atoms with van der Waals surface area (Å²) in [6.45, 7) is 0.0239. The minimum absolute atomic E-state index is 0.0970. The lowest BCUT2D eigenvalue weighted by Gasteiger charge is -2.15. The maximum absolute atomic E-state index is 12.5. The zero-order chi connectivity index (χ0) is 22.4. The summed E-state index contributed by atoms with van der Waals surface area (Å²) in [4.78, 5) is 44.2. The molecule has 7 N–H and O–H groups in total. The first kappa shape index (κ1) is 21.2. The molecule has 0 radical (unpaired) electrons. The van der Waals surface area contributed by atoms with E-state index in [9.17, 15) is 19.5 Å². The van der Waals surface area contributed by atoms with Gasteiger partial charge in [0.05, 0.1) is 0 Å². The molecule has 0 aliphatic rings. The van der Waals surface area contributed by atoms with Crippen LogP contribution in [0, 0.1) is 5.41 Å². The molecule has 0 spiro atoms. The first-order valence-corrected chi connectivity index (χ1v) is 9.11. The second kappa shape index (κ2) is 9.35. The third kappa shape index (κ3) is 5.53. The largest absolute Gasteiger partial charge is 0.480 e. The number of hydrogen-bond acceptors (Lipinski definition) is 7. The second-order valence-electron chi connectivity index (χ2n) is 6.50. The lowest BCUT2D eigenvalue weighted by Crippen LogP contribution is -2.42. The van der Waals surface area contributed by atoms with Crippen LogP contribution in [0.4, 0.5) is 5.95 Å². The average Bonchev–Trinajstić information content (AvgIpc) is 2.75. The molecule has 0 saturated heterocycles. The SMILES string of the molecule is N=C(N)NCc1ccc2cc(C(=O)NCC(Nc3ncccn3)C(=O)O)cc(=O)n2c1. The molecule has 0 aromatic carbocycles. The number of pyridine rings is 2. The first-order chi connectivity index (χ1) is 14.8. The van der Waals surface area contributed by atoms with Gasteiger partial charge in [-0.15, -0.1) is 0 Å². The van der Waals surface area contributed by atoms with Crippen molar-refractivity contribution >= 4 is 29.3 Å². The Labute approximate surface area is 175 Å². The van der Waals surface area contributed by atoms with Crippen molar-refractivity contribution in [1.82, 2.24) is 25.0 Å². The van der Waals surface area contributed by atoms with Crippen molar-refractivity contribution in [3.63, 3.8) is 0 Å². The van der Waals surface area contributed by atoms with Crippen molar-refractivity contribution in [3.05, 3.63) is 70.4 Å². The standard InChI is InChI=1S/C19H20N8O4/c20-18(21)25-8-11-2-3-13-6-12(7-15(28)27(13)10-11)16(29)24-9-14(17(30)31)26-19-22-4-1-5-23-19/h1-7,10,14H,8-9H2,(H,24,29)(H,30,31)(H4,20,21,25)(H,22,23,26). The smallest absolute Gasteiger partial charge is 0.328 e. The third-order valence-electron chi connectivity index (χ3n) is 4.24. The molecular weight excluding hydrogens is 404 g/mol. The zero-order valence-corrected chi connectivity index (χ0v) is 16.2. The van der Waals surface area contributed by atoms with Gasteiger partial charge in [-0.2, -0.15) is 0 Å². The summed E-state index contributed by atoms with van der Waals surface area (Å²) in [6.07, 6.45) is 4.49. The fraction of sp³-hybridized carbons (Fsp3) is 0.158. The Bertz CT molecular complexity index is 1180. The minimum Gasteiger partial charge on any atom is -0.480 e. The molecule has 1 atom stereocenters. The molecular formula is C19H20N8O4. The molecule has 0 aliphatic carbocycles. The van der Waals surface area contributed by atoms with Crippen LogP contribution in [0.5, 0.6) is 0 Å². The van der Waals surface area contributed by atoms with Crippen molar-refractivity contribution in [2.24, 2.45) is 5.73 Å². The highest BCUT2D eigenvalue weighted by Crippen LogP contribution is 2.08. The van der Waals surface area contributed by atoms with Gasteiger partial charge in [0.25, 0.3) is 11.5 Å². The summed E-state index contributed by atoms with van der Waals surface area (Å²) in [5.41, 5.74) is 6.13. The summed E-state index contributed by atoms with van der Waals surface area (Å²) in [6, 6.07) is 6.49. The van der Waals surface area contributed by atoms with Gasteiger partial charge < -0.3 is 26.8 Å². The van der Waals surface area contributed by atoms with Gasteiger partial charge in [0.1, 0.15) is 6.04 Å². The van der Waals surface area contributed by atoms with Crippen LogP contribution >= 0.6 is 0 Å². The normalized spacial score (nSPS) is 11.5. The van der Waals surface area contributed by atoms with Crippen LogP contribution in [-0.2, 0) is 11.3 Å². The van der Waals surface area contributed by atoms with E-state index in [2.05, 4.69) is 25.9 Å². The number of carbonyl (C=O) groups is 2. The number of anilines is 1. The fourth-order valence-corrected chi connectivity index (χ4v) is 2.73. The Morgan fingerprint density at radius 1 is 1.19 bits per heavy atom. The molecule has 0 aliphatic heterocycles. The number of amides is 1. The molecule has 1 amide bonds. The molecule has 1 unspecified atom stereocenters. The number of rotatable bonds is 8. The van der Waals surface area contributed by atoms with Gasteiger partial charge >= 0.3 is 5.97 Å². The Hall–Kier alpha value is -4.48. The van der Waals surface area contributed by atoms with Crippen LogP contribution in [0.2, 0.25) is 0 Å². The van der Waals surface area contributed by atoms with E-state index < -0.39 is 23.5 Å². The zero-order valence-electron chi connectivity index (χ0n) is 16.2. The number of guanidine groups is 1. The Morgan fingerprint density at radius 2 is 1.94 bits per heavy atom. The topological polar surface area (TPSA) is 188 Å². The number of fused-ring (bicyclic) bond motifs is 1. The highest BCUT2D eigenvalue weighted by Gasteiger charge is 2.20. The maximum atomic E-state index is 12.5. The molecule has 160 valence electrons. The van der Waals surface area contributed by atoms with E-state index in [-0.39, 0.29) is 30.6 Å². The van der Waals surface area contributed by atoms with E-state index in [4.69, 9.17) is 11.1 Å². The molecule has 3 rings (SSSR count). The van der Waals surface area contributed by atoms with Crippen molar-refractivity contribution in [1.29, 1.82) is 5.41 Å². The maximum Gasteiger partial charge on any atom is 0.328 e. The van der Waals surface area contributed by atoms with Crippen LogP contribution < -0.4 is 27.2 Å². The number of carboxylic acids is 1. The van der Waals surface area contributed by atoms with E-state index in [1.54, 1.807) is 24.4 Å². The first-order valence-electron chi connectivity index (χ1n) is 9.11. The lowest BCUT2D eigenvalue weighted by atomic mass is 10.2. The number of nitrogens with one attached hydrogen (secondary N) is 4. The predicted molar refractivity (Wildman–Crippen MR) is 112 cm³/mol. The highest BCUT2D eigenvalue weighted by atomic mass is 16.4. The number of hydrogen-bond donors (Lipinski definition) is 6. The van der Waals surface area contributed by atoms with Gasteiger partial charge in [-0.25, -0.2) is 14.8 Å². The molecule has 3 heterocycles. The fourth-order valence-electron chi connectivity index (χ4n) is 2.73. The molecule has 12 nitrogen and oxygen atoms in total. The van der Waals surface area contributed by atoms with E-state index in [0.29, 0.717) is 5.52 Å². The average molecular weight is 424 g/mol. The van der Waals surface area contributed by atoms with E-state index >= 15 is 0 Å². The minimum atomic E-state index is -1.20. The second-order valence-corrected chi connectivity index (χ2v) is 6.50. The number of aliphatic carboxylic acids is 1. The van der Waals surface area contributed by atoms with Gasteiger partial charge in [0.15, 0.2) is 5.96 Å². The van der Waals surface area contributed by atoms with E-state index in [1.165, 1.54) is 22.9 Å². The summed E-state index contributed by atoms with van der Waals surface area (Å²) in [5, 5.41) is 24.3. The lowest BCUT2D eigenvalue weighted by molar-refractivity contribution is -0.137. The van der Waals surface area contributed by atoms with Crippen molar-refractivity contribution in [2.75, 3.05) is 11.9 Å². The Morgan fingerprint density at radius 3 is 2.61 bits per heavy atom. The molecule has 0 bridgehead atoms. The van der Waals surface area contributed by atoms with Crippen LogP contribution in [0.3, 0.4) is 0 Å². The quantitative estimate of drug-likeness (QED) is 0.202. The Balaban J connectivity index is 1.72. The van der Waals surface area contributed by atoms with Crippen LogP contribution in [0.1, 0.15) is 15.9 Å². The molecule has 12 heteroatoms. The van der Waals surface area contributed by atoms with Crippen LogP contribution in [-0.4, -0.2) is 49.9 Å². The monoisotopic (exact) mass is 424 g/mol.